The van der Waals surface area contributed by atoms with Crippen LogP contribution in [0.4, 0.5) is 0 Å². The highest BCUT2D eigenvalue weighted by molar-refractivity contribution is 7.85. The quantitative estimate of drug-likeness (QED) is 0.482. The van der Waals surface area contributed by atoms with Crippen LogP contribution in [0.5, 0.6) is 0 Å². The highest BCUT2D eigenvalue weighted by Crippen LogP contribution is 2.03. The van der Waals surface area contributed by atoms with Gasteiger partial charge >= 0.3 is 5.97 Å². The van der Waals surface area contributed by atoms with Gasteiger partial charge in [-0.05, 0) is 5.92 Å². The van der Waals surface area contributed by atoms with Crippen molar-refractivity contribution in [2.45, 2.75) is 32.4 Å². The molecule has 0 rings (SSSR count). The molecule has 2 unspecified atom stereocenters. The van der Waals surface area contributed by atoms with Crippen molar-refractivity contribution in [3.05, 3.63) is 0 Å². The minimum atomic E-state index is -1.03. The molecule has 16 heavy (non-hydrogen) atoms. The van der Waals surface area contributed by atoms with Crippen LogP contribution in [0.1, 0.15) is 27.2 Å². The van der Waals surface area contributed by atoms with Crippen LogP contribution >= 0.6 is 0 Å². The van der Waals surface area contributed by atoms with Crippen molar-refractivity contribution < 1.29 is 18.5 Å². The Balaban J connectivity index is 3.67. The van der Waals surface area contributed by atoms with Gasteiger partial charge in [0.2, 0.25) is 0 Å². The molecule has 0 saturated heterocycles. The largest absolute Gasteiger partial charge is 0.469 e. The second-order valence-electron chi connectivity index (χ2n) is 4.14. The van der Waals surface area contributed by atoms with Gasteiger partial charge in [0.1, 0.15) is 0 Å². The number of ether oxygens (including phenoxy) is 2. The Hall–Kier alpha value is -0.420. The zero-order chi connectivity index (χ0) is 12.6. The number of hydrogen-bond acceptors (Lipinski definition) is 4. The number of esters is 1. The predicted octanol–water partition coefficient (Wildman–Crippen LogP) is 1.36. The summed E-state index contributed by atoms with van der Waals surface area (Å²) in [6.45, 7) is 7.09. The molecule has 0 radical (unpaired) electrons. The SMILES string of the molecule is COC(=O)CC(C)S(=O)CCOCC(C)C. The van der Waals surface area contributed by atoms with E-state index in [1.807, 2.05) is 0 Å². The van der Waals surface area contributed by atoms with Crippen LogP contribution in [-0.2, 0) is 25.1 Å². The summed E-state index contributed by atoms with van der Waals surface area (Å²) < 4.78 is 21.5. The molecule has 0 fully saturated rings. The first-order chi connectivity index (χ1) is 7.47. The molecule has 0 saturated carbocycles. The van der Waals surface area contributed by atoms with Gasteiger partial charge in [-0.15, -0.1) is 0 Å². The molecular weight excluding hydrogens is 228 g/mol. The molecule has 0 N–H and O–H groups in total. The van der Waals surface area contributed by atoms with Gasteiger partial charge in [0.05, 0.1) is 20.1 Å². The second kappa shape index (κ2) is 8.70. The van der Waals surface area contributed by atoms with Crippen LogP contribution in [0.2, 0.25) is 0 Å². The Morgan fingerprint density at radius 3 is 2.44 bits per heavy atom. The first-order valence-electron chi connectivity index (χ1n) is 5.49. The van der Waals surface area contributed by atoms with Crippen molar-refractivity contribution in [3.8, 4) is 0 Å². The Kier molecular flexibility index (Phi) is 8.47. The van der Waals surface area contributed by atoms with Crippen LogP contribution in [-0.4, -0.2) is 41.5 Å². The normalized spacial score (nSPS) is 14.8. The van der Waals surface area contributed by atoms with E-state index in [4.69, 9.17) is 4.74 Å². The van der Waals surface area contributed by atoms with E-state index in [1.165, 1.54) is 7.11 Å². The Labute approximate surface area is 100 Å². The van der Waals surface area contributed by atoms with E-state index in [0.717, 1.165) is 0 Å². The van der Waals surface area contributed by atoms with E-state index in [2.05, 4.69) is 18.6 Å². The number of carbonyl (C=O) groups is 1. The Morgan fingerprint density at radius 1 is 1.31 bits per heavy atom. The fourth-order valence-corrected chi connectivity index (χ4v) is 2.08. The standard InChI is InChI=1S/C11H22O4S/c1-9(2)8-15-5-6-16(13)10(3)7-11(12)14-4/h9-10H,5-8H2,1-4H3. The van der Waals surface area contributed by atoms with Gasteiger partial charge in [-0.25, -0.2) is 0 Å². The number of rotatable bonds is 8. The lowest BCUT2D eigenvalue weighted by Gasteiger charge is -2.11. The molecule has 0 aromatic heterocycles. The fraction of sp³-hybridized carbons (Fsp3) is 0.909. The van der Waals surface area contributed by atoms with Crippen LogP contribution in [0.15, 0.2) is 0 Å². The summed E-state index contributed by atoms with van der Waals surface area (Å²) in [5, 5.41) is -0.171. The Morgan fingerprint density at radius 2 is 1.94 bits per heavy atom. The highest BCUT2D eigenvalue weighted by Gasteiger charge is 2.15. The van der Waals surface area contributed by atoms with Gasteiger partial charge in [0, 0.05) is 28.4 Å². The maximum atomic E-state index is 11.7. The zero-order valence-corrected chi connectivity index (χ0v) is 11.3. The van der Waals surface area contributed by atoms with Gasteiger partial charge < -0.3 is 9.47 Å². The number of hydrogen-bond donors (Lipinski definition) is 0. The monoisotopic (exact) mass is 250 g/mol. The fourth-order valence-electron chi connectivity index (χ4n) is 1.07. The highest BCUT2D eigenvalue weighted by atomic mass is 32.2. The zero-order valence-electron chi connectivity index (χ0n) is 10.5. The molecule has 96 valence electrons. The lowest BCUT2D eigenvalue weighted by Crippen LogP contribution is -2.21. The Bertz CT molecular complexity index is 228. The molecule has 0 aliphatic heterocycles. The van der Waals surface area contributed by atoms with Crippen molar-refractivity contribution >= 4 is 16.8 Å². The third-order valence-corrected chi connectivity index (χ3v) is 3.64. The number of carbonyl (C=O) groups excluding carboxylic acids is 1. The van der Waals surface area contributed by atoms with Crippen LogP contribution < -0.4 is 0 Å². The maximum Gasteiger partial charge on any atom is 0.306 e. The molecule has 0 amide bonds. The van der Waals surface area contributed by atoms with Gasteiger partial charge in [0.15, 0.2) is 0 Å². The first kappa shape index (κ1) is 15.6. The molecule has 0 aliphatic rings. The van der Waals surface area contributed by atoms with Crippen molar-refractivity contribution in [2.75, 3.05) is 26.1 Å². The van der Waals surface area contributed by atoms with E-state index >= 15 is 0 Å². The minimum Gasteiger partial charge on any atom is -0.469 e. The molecule has 0 heterocycles. The van der Waals surface area contributed by atoms with Gasteiger partial charge in [-0.2, -0.15) is 0 Å². The van der Waals surface area contributed by atoms with Crippen molar-refractivity contribution in [1.82, 2.24) is 0 Å². The topological polar surface area (TPSA) is 52.6 Å². The van der Waals surface area contributed by atoms with Gasteiger partial charge in [-0.3, -0.25) is 9.00 Å². The molecule has 0 spiro atoms. The molecule has 0 bridgehead atoms. The van der Waals surface area contributed by atoms with Crippen LogP contribution in [0.3, 0.4) is 0 Å². The summed E-state index contributed by atoms with van der Waals surface area (Å²) in [5.74, 6) is 0.648. The summed E-state index contributed by atoms with van der Waals surface area (Å²) in [6, 6.07) is 0. The average molecular weight is 250 g/mol. The van der Waals surface area contributed by atoms with E-state index < -0.39 is 10.8 Å². The summed E-state index contributed by atoms with van der Waals surface area (Å²) in [4.78, 5) is 11.0. The second-order valence-corrected chi connectivity index (χ2v) is 6.12. The van der Waals surface area contributed by atoms with E-state index in [0.29, 0.717) is 24.9 Å². The van der Waals surface area contributed by atoms with E-state index in [9.17, 15) is 9.00 Å². The lowest BCUT2D eigenvalue weighted by molar-refractivity contribution is -0.140. The maximum absolute atomic E-state index is 11.7. The smallest absolute Gasteiger partial charge is 0.306 e. The van der Waals surface area contributed by atoms with E-state index in [-0.39, 0.29) is 17.6 Å². The number of methoxy groups -OCH3 is 1. The third-order valence-electron chi connectivity index (χ3n) is 2.01. The molecule has 5 heteroatoms. The molecular formula is C11H22O4S. The average Bonchev–Trinajstić information content (AvgIpc) is 2.23. The molecule has 4 nitrogen and oxygen atoms in total. The third kappa shape index (κ3) is 7.82. The molecule has 0 aromatic carbocycles. The molecule has 0 aliphatic carbocycles. The minimum absolute atomic E-state index is 0.171. The first-order valence-corrected chi connectivity index (χ1v) is 6.87. The van der Waals surface area contributed by atoms with Crippen molar-refractivity contribution in [3.63, 3.8) is 0 Å². The summed E-state index contributed by atoms with van der Waals surface area (Å²) in [6.07, 6.45) is 0.202. The summed E-state index contributed by atoms with van der Waals surface area (Å²) >= 11 is 0. The summed E-state index contributed by atoms with van der Waals surface area (Å²) in [7, 11) is 0.310. The predicted molar refractivity (Wildman–Crippen MR) is 64.8 cm³/mol. The summed E-state index contributed by atoms with van der Waals surface area (Å²) in [5.41, 5.74) is 0. The molecule has 0 aromatic rings. The van der Waals surface area contributed by atoms with Gasteiger partial charge in [-0.1, -0.05) is 20.8 Å². The van der Waals surface area contributed by atoms with Crippen molar-refractivity contribution in [2.24, 2.45) is 5.92 Å². The van der Waals surface area contributed by atoms with Crippen LogP contribution in [0, 0.1) is 5.92 Å². The lowest BCUT2D eigenvalue weighted by atomic mass is 10.2. The molecule has 2 atom stereocenters. The van der Waals surface area contributed by atoms with E-state index in [1.54, 1.807) is 6.92 Å². The van der Waals surface area contributed by atoms with Gasteiger partial charge in [0.25, 0.3) is 0 Å². The van der Waals surface area contributed by atoms with Crippen molar-refractivity contribution in [1.29, 1.82) is 0 Å². The van der Waals surface area contributed by atoms with Crippen LogP contribution in [0.25, 0.3) is 0 Å².